The van der Waals surface area contributed by atoms with Crippen LogP contribution in [-0.2, 0) is 5.41 Å². The van der Waals surface area contributed by atoms with Crippen molar-refractivity contribution in [2.24, 2.45) is 4.99 Å². The van der Waals surface area contributed by atoms with Crippen LogP contribution in [0.3, 0.4) is 0 Å². The average molecular weight is 749 g/mol. The van der Waals surface area contributed by atoms with Crippen molar-refractivity contribution in [1.82, 2.24) is 0 Å². The first-order chi connectivity index (χ1) is 28.5. The van der Waals surface area contributed by atoms with Gasteiger partial charge in [-0.3, -0.25) is 4.99 Å². The summed E-state index contributed by atoms with van der Waals surface area (Å²) in [4.78, 5) is 11.6. The lowest BCUT2D eigenvalue weighted by Crippen LogP contribution is -2.24. The fourth-order valence-corrected chi connectivity index (χ4v) is 9.29. The molecule has 5 nitrogen and oxygen atoms in total. The molecule has 0 atom stereocenters. The van der Waals surface area contributed by atoms with E-state index in [9.17, 15) is 0 Å². The van der Waals surface area contributed by atoms with Crippen molar-refractivity contribution in [2.45, 2.75) is 19.3 Å². The molecule has 11 rings (SSSR count). The number of rotatable bonds is 7. The number of furan rings is 1. The van der Waals surface area contributed by atoms with E-state index in [-0.39, 0.29) is 5.41 Å². The lowest BCUT2D eigenvalue weighted by molar-refractivity contribution is 0.660. The molecule has 0 fully saturated rings. The number of benzene rings is 8. The molecule has 1 aliphatic heterocycles. The smallest absolute Gasteiger partial charge is 0.143 e. The van der Waals surface area contributed by atoms with Gasteiger partial charge in [0.05, 0.1) is 22.7 Å². The van der Waals surface area contributed by atoms with Gasteiger partial charge in [0.25, 0.3) is 0 Å². The Morgan fingerprint density at radius 3 is 2.09 bits per heavy atom. The van der Waals surface area contributed by atoms with Gasteiger partial charge in [0.2, 0.25) is 0 Å². The minimum atomic E-state index is -0.0995. The number of nitrogens with zero attached hydrogens (tertiary/aromatic N) is 4. The van der Waals surface area contributed by atoms with E-state index in [0.717, 1.165) is 78.6 Å². The van der Waals surface area contributed by atoms with Crippen LogP contribution < -0.4 is 14.7 Å². The van der Waals surface area contributed by atoms with E-state index in [1.54, 1.807) is 0 Å². The molecule has 5 heteroatoms. The summed E-state index contributed by atoms with van der Waals surface area (Å²) in [7, 11) is 0. The van der Waals surface area contributed by atoms with Crippen molar-refractivity contribution >= 4 is 74.2 Å². The van der Waals surface area contributed by atoms with Crippen LogP contribution >= 0.6 is 0 Å². The first-order valence-electron chi connectivity index (χ1n) is 19.8. The molecule has 0 saturated heterocycles. The maximum atomic E-state index is 6.42. The van der Waals surface area contributed by atoms with Gasteiger partial charge in [-0.15, -0.1) is 0 Å². The summed E-state index contributed by atoms with van der Waals surface area (Å²) in [6.07, 6.45) is 0. The number of hydrogen-bond acceptors (Lipinski definition) is 5. The summed E-state index contributed by atoms with van der Waals surface area (Å²) in [5.74, 6) is 0. The second kappa shape index (κ2) is 13.1. The van der Waals surface area contributed by atoms with Gasteiger partial charge in [-0.2, -0.15) is 0 Å². The van der Waals surface area contributed by atoms with E-state index < -0.39 is 0 Å². The summed E-state index contributed by atoms with van der Waals surface area (Å²) in [5, 5.41) is 2.26. The normalized spacial score (nSPS) is 13.8. The van der Waals surface area contributed by atoms with Crippen molar-refractivity contribution in [3.63, 3.8) is 0 Å². The molecule has 0 spiro atoms. The second-order valence-electron chi connectivity index (χ2n) is 15.7. The monoisotopic (exact) mass is 748 g/mol. The summed E-state index contributed by atoms with van der Waals surface area (Å²) >= 11 is 0. The van der Waals surface area contributed by atoms with Gasteiger partial charge < -0.3 is 19.1 Å². The Morgan fingerprint density at radius 1 is 0.534 bits per heavy atom. The highest BCUT2D eigenvalue weighted by Gasteiger charge is 2.37. The van der Waals surface area contributed by atoms with Crippen LogP contribution in [0, 0.1) is 0 Å². The predicted molar refractivity (Wildman–Crippen MR) is 243 cm³/mol. The molecule has 2 heterocycles. The fraction of sp³-hybridized carbons (Fsp3) is 0.0755. The van der Waals surface area contributed by atoms with E-state index >= 15 is 0 Å². The van der Waals surface area contributed by atoms with Crippen molar-refractivity contribution in [3.8, 4) is 22.3 Å². The third-order valence-electron chi connectivity index (χ3n) is 12.2. The zero-order chi connectivity index (χ0) is 39.0. The molecule has 0 radical (unpaired) electrons. The van der Waals surface area contributed by atoms with Crippen LogP contribution in [-0.4, -0.2) is 13.4 Å². The molecule has 0 unspecified atom stereocenters. The topological polar surface area (TPSA) is 35.2 Å². The highest BCUT2D eigenvalue weighted by atomic mass is 16.3. The maximum absolute atomic E-state index is 6.42. The Morgan fingerprint density at radius 2 is 1.22 bits per heavy atom. The minimum absolute atomic E-state index is 0.0995. The minimum Gasteiger partial charge on any atom is -0.455 e. The number of fused-ring (bicyclic) bond motifs is 7. The molecule has 0 amide bonds. The first-order valence-corrected chi connectivity index (χ1v) is 19.8. The number of para-hydroxylation sites is 5. The molecule has 0 bridgehead atoms. The average Bonchev–Trinajstić information content (AvgIpc) is 3.92. The molecule has 0 N–H and O–H groups in total. The zero-order valence-electron chi connectivity index (χ0n) is 32.4. The van der Waals surface area contributed by atoms with E-state index in [1.165, 1.54) is 22.3 Å². The van der Waals surface area contributed by atoms with Crippen molar-refractivity contribution in [1.29, 1.82) is 0 Å². The summed E-state index contributed by atoms with van der Waals surface area (Å²) in [6, 6.07) is 65.0. The molecule has 8 aromatic carbocycles. The molecular weight excluding hydrogens is 709 g/mol. The third-order valence-corrected chi connectivity index (χ3v) is 12.2. The van der Waals surface area contributed by atoms with Crippen LogP contribution in [0.5, 0.6) is 0 Å². The van der Waals surface area contributed by atoms with Gasteiger partial charge in [-0.05, 0) is 107 Å². The summed E-state index contributed by atoms with van der Waals surface area (Å²) in [6.45, 7) is 9.26. The largest absolute Gasteiger partial charge is 0.455 e. The Bertz CT molecular complexity index is 3050. The standard InChI is InChI=1S/C53H40N4O/c1-53(2)45-20-9-7-16-41(45)42-30-28-38(32-46(42)53)55-34-56(48-22-11-10-21-47(48)54-3)50-33-39(29-31-49(50)55)57(36-14-5-4-6-15-36)37-26-24-35(25-27-37)40-18-13-19-44-43-17-8-12-23-51(43)58-52(40)44/h4-33H,3,34H2,1-2H3. The van der Waals surface area contributed by atoms with Gasteiger partial charge in [0, 0.05) is 44.5 Å². The summed E-state index contributed by atoms with van der Waals surface area (Å²) in [5.41, 5.74) is 17.7. The molecule has 0 saturated carbocycles. The van der Waals surface area contributed by atoms with Crippen molar-refractivity contribution in [3.05, 3.63) is 193 Å². The predicted octanol–water partition coefficient (Wildman–Crippen LogP) is 14.6. The Hall–Kier alpha value is -7.37. The molecule has 1 aromatic heterocycles. The molecular formula is C53H40N4O. The second-order valence-corrected chi connectivity index (χ2v) is 15.7. The first kappa shape index (κ1) is 33.9. The molecule has 58 heavy (non-hydrogen) atoms. The number of hydrogen-bond donors (Lipinski definition) is 0. The van der Waals surface area contributed by atoms with Crippen molar-refractivity contribution in [2.75, 3.05) is 21.4 Å². The quantitative estimate of drug-likeness (QED) is 0.152. The van der Waals surface area contributed by atoms with Gasteiger partial charge in [-0.1, -0.05) is 123 Å². The van der Waals surface area contributed by atoms with Crippen LogP contribution in [0.25, 0.3) is 44.2 Å². The lowest BCUT2D eigenvalue weighted by Gasteiger charge is -2.27. The van der Waals surface area contributed by atoms with Gasteiger partial charge in [0.1, 0.15) is 17.8 Å². The van der Waals surface area contributed by atoms with E-state index in [2.05, 4.69) is 198 Å². The number of anilines is 7. The Kier molecular flexibility index (Phi) is 7.67. The molecule has 9 aromatic rings. The van der Waals surface area contributed by atoms with Crippen LogP contribution in [0.2, 0.25) is 0 Å². The van der Waals surface area contributed by atoms with Crippen LogP contribution in [0.15, 0.2) is 191 Å². The molecule has 278 valence electrons. The highest BCUT2D eigenvalue weighted by Crippen LogP contribution is 2.53. The van der Waals surface area contributed by atoms with Gasteiger partial charge >= 0.3 is 0 Å². The lowest BCUT2D eigenvalue weighted by atomic mass is 9.82. The van der Waals surface area contributed by atoms with E-state index in [1.807, 2.05) is 24.3 Å². The van der Waals surface area contributed by atoms with Crippen LogP contribution in [0.4, 0.5) is 45.5 Å². The Balaban J connectivity index is 1.03. The summed E-state index contributed by atoms with van der Waals surface area (Å²) < 4.78 is 6.42. The molecule has 1 aliphatic carbocycles. The highest BCUT2D eigenvalue weighted by molar-refractivity contribution is 6.09. The maximum Gasteiger partial charge on any atom is 0.143 e. The van der Waals surface area contributed by atoms with Gasteiger partial charge in [0.15, 0.2) is 0 Å². The van der Waals surface area contributed by atoms with Crippen LogP contribution in [0.1, 0.15) is 25.0 Å². The third kappa shape index (κ3) is 5.20. The van der Waals surface area contributed by atoms with E-state index in [4.69, 9.17) is 4.42 Å². The number of aliphatic imine (C=N–C) groups is 1. The van der Waals surface area contributed by atoms with Crippen molar-refractivity contribution < 1.29 is 4.42 Å². The SMILES string of the molecule is C=Nc1ccccc1N1CN(c2ccc3c(c2)C(C)(C)c2ccccc2-3)c2ccc(N(c3ccccc3)c3ccc(-c4cccc5c4oc4ccccc45)cc3)cc21. The fourth-order valence-electron chi connectivity index (χ4n) is 9.29. The molecule has 2 aliphatic rings. The zero-order valence-corrected chi connectivity index (χ0v) is 32.4. The Labute approximate surface area is 338 Å². The van der Waals surface area contributed by atoms with Gasteiger partial charge in [-0.25, -0.2) is 0 Å². The van der Waals surface area contributed by atoms with E-state index in [0.29, 0.717) is 6.67 Å².